The molecule has 7 heteroatoms. The summed E-state index contributed by atoms with van der Waals surface area (Å²) < 4.78 is 25.5. The molecule has 0 aromatic heterocycles. The van der Waals surface area contributed by atoms with Crippen molar-refractivity contribution < 1.29 is 17.4 Å². The van der Waals surface area contributed by atoms with Gasteiger partial charge in [-0.1, -0.05) is 0 Å². The van der Waals surface area contributed by atoms with Gasteiger partial charge in [0.15, 0.2) is 0 Å². The Morgan fingerprint density at radius 2 is 2.33 bits per heavy atom. The summed E-state index contributed by atoms with van der Waals surface area (Å²) in [4.78, 5) is 10.6. The molecule has 0 saturated carbocycles. The zero-order valence-electron chi connectivity index (χ0n) is 6.53. The number of nitrogens with one attached hydrogen (secondary N) is 2. The van der Waals surface area contributed by atoms with Gasteiger partial charge in [0.25, 0.3) is 10.1 Å². The van der Waals surface area contributed by atoms with Gasteiger partial charge in [0, 0.05) is 6.54 Å². The van der Waals surface area contributed by atoms with Crippen molar-refractivity contribution in [3.8, 4) is 0 Å². The van der Waals surface area contributed by atoms with Crippen LogP contribution in [0.15, 0.2) is 0 Å². The van der Waals surface area contributed by atoms with Gasteiger partial charge in [0.05, 0.1) is 18.9 Å². The third-order valence-corrected chi connectivity index (χ3v) is 1.89. The second-order valence-corrected chi connectivity index (χ2v) is 4.18. The van der Waals surface area contributed by atoms with Gasteiger partial charge in [-0.3, -0.25) is 4.18 Å². The molecule has 1 heterocycles. The number of carbonyl (C=O) groups excluding carboxylic acids is 1. The molecule has 1 atom stereocenters. The monoisotopic (exact) mass is 194 g/mol. The highest BCUT2D eigenvalue weighted by Gasteiger charge is 2.21. The Bertz CT molecular complexity index is 273. The normalized spacial score (nSPS) is 23.4. The number of amides is 2. The van der Waals surface area contributed by atoms with E-state index in [4.69, 9.17) is 0 Å². The van der Waals surface area contributed by atoms with Crippen LogP contribution < -0.4 is 10.6 Å². The van der Waals surface area contributed by atoms with Gasteiger partial charge in [-0.15, -0.1) is 0 Å². The van der Waals surface area contributed by atoms with Crippen molar-refractivity contribution in [1.29, 1.82) is 0 Å². The third kappa shape index (κ3) is 3.05. The fourth-order valence-corrected chi connectivity index (χ4v) is 1.22. The quantitative estimate of drug-likeness (QED) is 0.544. The van der Waals surface area contributed by atoms with Crippen LogP contribution in [0.25, 0.3) is 0 Å². The Morgan fingerprint density at radius 1 is 1.67 bits per heavy atom. The summed E-state index contributed by atoms with van der Waals surface area (Å²) in [7, 11) is -3.41. The summed E-state index contributed by atoms with van der Waals surface area (Å²) in [6.45, 7) is 0.381. The van der Waals surface area contributed by atoms with E-state index in [2.05, 4.69) is 14.8 Å². The summed E-state index contributed by atoms with van der Waals surface area (Å²) >= 11 is 0. The van der Waals surface area contributed by atoms with Crippen LogP contribution in [-0.2, 0) is 14.3 Å². The van der Waals surface area contributed by atoms with Crippen molar-refractivity contribution in [2.24, 2.45) is 0 Å². The van der Waals surface area contributed by atoms with Gasteiger partial charge in [-0.2, -0.15) is 8.42 Å². The molecule has 1 aliphatic rings. The van der Waals surface area contributed by atoms with Crippen LogP contribution in [0.5, 0.6) is 0 Å². The lowest BCUT2D eigenvalue weighted by Crippen LogP contribution is -2.31. The van der Waals surface area contributed by atoms with Gasteiger partial charge in [-0.05, 0) is 0 Å². The second kappa shape index (κ2) is 3.28. The van der Waals surface area contributed by atoms with E-state index < -0.39 is 10.1 Å². The smallest absolute Gasteiger partial charge is 0.315 e. The molecule has 2 N–H and O–H groups in total. The summed E-state index contributed by atoms with van der Waals surface area (Å²) in [6.07, 6.45) is 0.969. The Hall–Kier alpha value is -0.820. The lowest BCUT2D eigenvalue weighted by molar-refractivity contribution is 0.243. The Labute approximate surface area is 70.4 Å². The van der Waals surface area contributed by atoms with Crippen molar-refractivity contribution in [3.63, 3.8) is 0 Å². The molecule has 1 rings (SSSR count). The highest BCUT2D eigenvalue weighted by atomic mass is 32.2. The van der Waals surface area contributed by atoms with E-state index in [-0.39, 0.29) is 18.7 Å². The van der Waals surface area contributed by atoms with Gasteiger partial charge in [-0.25, -0.2) is 4.79 Å². The summed E-state index contributed by atoms with van der Waals surface area (Å²) in [6, 6.07) is -0.552. The third-order valence-electron chi connectivity index (χ3n) is 1.33. The van der Waals surface area contributed by atoms with Gasteiger partial charge < -0.3 is 10.6 Å². The predicted octanol–water partition coefficient (Wildman–Crippen LogP) is -1.36. The molecule has 0 bridgehead atoms. The minimum absolute atomic E-state index is 0.0163. The molecule has 6 nitrogen and oxygen atoms in total. The largest absolute Gasteiger partial charge is 0.336 e. The molecule has 0 radical (unpaired) electrons. The molecule has 0 aromatic carbocycles. The topological polar surface area (TPSA) is 84.5 Å². The highest BCUT2D eigenvalue weighted by Crippen LogP contribution is 1.94. The molecule has 1 saturated heterocycles. The Morgan fingerprint density at radius 3 is 2.75 bits per heavy atom. The van der Waals surface area contributed by atoms with Crippen LogP contribution in [0, 0.1) is 0 Å². The summed E-state index contributed by atoms with van der Waals surface area (Å²) in [5.74, 6) is 0. The number of hydrogen-bond acceptors (Lipinski definition) is 4. The van der Waals surface area contributed by atoms with E-state index >= 15 is 0 Å². The predicted molar refractivity (Wildman–Crippen MR) is 41.1 cm³/mol. The van der Waals surface area contributed by atoms with Crippen LogP contribution in [0.3, 0.4) is 0 Å². The van der Waals surface area contributed by atoms with Gasteiger partial charge >= 0.3 is 6.03 Å². The maximum Gasteiger partial charge on any atom is 0.315 e. The molecule has 0 aromatic rings. The van der Waals surface area contributed by atoms with E-state index in [0.29, 0.717) is 6.54 Å². The van der Waals surface area contributed by atoms with Crippen molar-refractivity contribution in [1.82, 2.24) is 10.6 Å². The van der Waals surface area contributed by atoms with Crippen molar-refractivity contribution in [2.75, 3.05) is 19.4 Å². The van der Waals surface area contributed by atoms with Crippen molar-refractivity contribution >= 4 is 16.1 Å². The molecule has 1 aliphatic heterocycles. The Kier molecular flexibility index (Phi) is 2.53. The van der Waals surface area contributed by atoms with Crippen LogP contribution in [-0.4, -0.2) is 39.9 Å². The maximum absolute atomic E-state index is 10.6. The SMILES string of the molecule is CS(=O)(=O)OCC1CNC(=O)N1. The average Bonchev–Trinajstić information content (AvgIpc) is 2.30. The number of rotatable bonds is 3. The summed E-state index contributed by atoms with van der Waals surface area (Å²) in [5, 5.41) is 4.97. The molecule has 70 valence electrons. The fourth-order valence-electron chi connectivity index (χ4n) is 0.810. The molecule has 2 amide bonds. The maximum atomic E-state index is 10.6. The van der Waals surface area contributed by atoms with Gasteiger partial charge in [0.1, 0.15) is 0 Å². The molecule has 0 aliphatic carbocycles. The first-order valence-electron chi connectivity index (χ1n) is 3.36. The minimum Gasteiger partial charge on any atom is -0.336 e. The zero-order valence-corrected chi connectivity index (χ0v) is 7.35. The number of hydrogen-bond donors (Lipinski definition) is 2. The van der Waals surface area contributed by atoms with E-state index in [1.54, 1.807) is 0 Å². The lowest BCUT2D eigenvalue weighted by Gasteiger charge is -2.06. The minimum atomic E-state index is -3.41. The first-order valence-corrected chi connectivity index (χ1v) is 5.18. The number of urea groups is 1. The molecule has 12 heavy (non-hydrogen) atoms. The standard InChI is InChI=1S/C5H10N2O4S/c1-12(9,10)11-3-4-2-6-5(8)7-4/h4H,2-3H2,1H3,(H2,6,7,8). The van der Waals surface area contributed by atoms with Crippen LogP contribution in [0.1, 0.15) is 0 Å². The second-order valence-electron chi connectivity index (χ2n) is 2.54. The molecular formula is C5H10N2O4S. The molecule has 1 unspecified atom stereocenters. The van der Waals surface area contributed by atoms with Crippen molar-refractivity contribution in [3.05, 3.63) is 0 Å². The highest BCUT2D eigenvalue weighted by molar-refractivity contribution is 7.85. The van der Waals surface area contributed by atoms with Crippen LogP contribution in [0.2, 0.25) is 0 Å². The molecular weight excluding hydrogens is 184 g/mol. The Balaban J connectivity index is 2.30. The van der Waals surface area contributed by atoms with E-state index in [9.17, 15) is 13.2 Å². The number of carbonyl (C=O) groups is 1. The zero-order chi connectivity index (χ0) is 9.19. The first-order chi connectivity index (χ1) is 5.47. The van der Waals surface area contributed by atoms with E-state index in [1.807, 2.05) is 0 Å². The molecule has 0 spiro atoms. The van der Waals surface area contributed by atoms with E-state index in [1.165, 1.54) is 0 Å². The van der Waals surface area contributed by atoms with E-state index in [0.717, 1.165) is 6.26 Å². The lowest BCUT2D eigenvalue weighted by atomic mass is 10.3. The van der Waals surface area contributed by atoms with Crippen LogP contribution in [0.4, 0.5) is 4.79 Å². The summed E-state index contributed by atoms with van der Waals surface area (Å²) in [5.41, 5.74) is 0. The van der Waals surface area contributed by atoms with Gasteiger partial charge in [0.2, 0.25) is 0 Å². The first kappa shape index (κ1) is 9.27. The molecule has 1 fully saturated rings. The fraction of sp³-hybridized carbons (Fsp3) is 0.800. The average molecular weight is 194 g/mol. The van der Waals surface area contributed by atoms with Crippen molar-refractivity contribution in [2.45, 2.75) is 6.04 Å². The van der Waals surface area contributed by atoms with Crippen LogP contribution >= 0.6 is 0 Å².